The zero-order valence-corrected chi connectivity index (χ0v) is 12.4. The van der Waals surface area contributed by atoms with E-state index in [-0.39, 0.29) is 6.04 Å². The van der Waals surface area contributed by atoms with Crippen molar-refractivity contribution in [3.05, 3.63) is 52.3 Å². The normalized spacial score (nSPS) is 12.6. The van der Waals surface area contributed by atoms with Crippen LogP contribution in [-0.4, -0.2) is 16.8 Å². The Morgan fingerprint density at radius 3 is 2.63 bits per heavy atom. The van der Waals surface area contributed by atoms with Gasteiger partial charge in [-0.15, -0.1) is 0 Å². The molecule has 0 radical (unpaired) electrons. The molecule has 2 rings (SSSR count). The molecule has 0 bridgehead atoms. The molecule has 19 heavy (non-hydrogen) atoms. The van der Waals surface area contributed by atoms with Crippen molar-refractivity contribution in [2.45, 2.75) is 32.9 Å². The van der Waals surface area contributed by atoms with E-state index in [9.17, 15) is 0 Å². The van der Waals surface area contributed by atoms with E-state index in [1.54, 1.807) is 0 Å². The van der Waals surface area contributed by atoms with E-state index >= 15 is 0 Å². The van der Waals surface area contributed by atoms with Gasteiger partial charge in [-0.1, -0.05) is 36.7 Å². The summed E-state index contributed by atoms with van der Waals surface area (Å²) in [6.45, 7) is 5.09. The first-order valence-electron chi connectivity index (χ1n) is 6.69. The molecule has 3 nitrogen and oxygen atoms in total. The van der Waals surface area contributed by atoms with Gasteiger partial charge < -0.3 is 5.32 Å². The minimum Gasteiger partial charge on any atom is -0.308 e. The van der Waals surface area contributed by atoms with Crippen molar-refractivity contribution in [3.63, 3.8) is 0 Å². The molecule has 0 fully saturated rings. The van der Waals surface area contributed by atoms with Crippen LogP contribution in [-0.2, 0) is 13.0 Å². The lowest BCUT2D eigenvalue weighted by molar-refractivity contribution is 0.560. The maximum atomic E-state index is 6.31. The van der Waals surface area contributed by atoms with Gasteiger partial charge in [0, 0.05) is 11.6 Å². The second kappa shape index (κ2) is 6.22. The minimum atomic E-state index is 0.0708. The van der Waals surface area contributed by atoms with Crippen LogP contribution in [0.2, 0.25) is 5.02 Å². The first kappa shape index (κ1) is 14.1. The fraction of sp³-hybridized carbons (Fsp3) is 0.400. The lowest BCUT2D eigenvalue weighted by Gasteiger charge is -2.19. The number of nitrogens with zero attached hydrogens (tertiary/aromatic N) is 2. The van der Waals surface area contributed by atoms with Crippen LogP contribution in [0.5, 0.6) is 0 Å². The first-order chi connectivity index (χ1) is 9.21. The van der Waals surface area contributed by atoms with Gasteiger partial charge in [-0.25, -0.2) is 0 Å². The van der Waals surface area contributed by atoms with Crippen molar-refractivity contribution >= 4 is 11.6 Å². The van der Waals surface area contributed by atoms with Gasteiger partial charge in [0.2, 0.25) is 0 Å². The molecule has 1 atom stereocenters. The predicted octanol–water partition coefficient (Wildman–Crippen LogP) is 3.43. The number of nitrogens with one attached hydrogen (secondary N) is 1. The Morgan fingerprint density at radius 2 is 2.05 bits per heavy atom. The molecule has 0 aliphatic heterocycles. The Hall–Kier alpha value is -1.32. The summed E-state index contributed by atoms with van der Waals surface area (Å²) in [4.78, 5) is 0. The highest BCUT2D eigenvalue weighted by atomic mass is 35.5. The standard InChI is InChI=1S/C15H20ClN3/c1-4-11-10-14(19(5-2)18-11)15(17-3)12-8-6-7-9-13(12)16/h6-10,15,17H,4-5H2,1-3H3. The molecule has 1 aromatic carbocycles. The molecule has 0 aliphatic carbocycles. The molecule has 0 spiro atoms. The van der Waals surface area contributed by atoms with E-state index in [1.807, 2.05) is 29.9 Å². The van der Waals surface area contributed by atoms with Crippen LogP contribution < -0.4 is 5.32 Å². The smallest absolute Gasteiger partial charge is 0.0760 e. The molecule has 1 unspecified atom stereocenters. The Labute approximate surface area is 119 Å². The molecule has 0 amide bonds. The lowest BCUT2D eigenvalue weighted by atomic mass is 10.0. The van der Waals surface area contributed by atoms with Crippen molar-refractivity contribution in [2.75, 3.05) is 7.05 Å². The number of aryl methyl sites for hydroxylation is 2. The summed E-state index contributed by atoms with van der Waals surface area (Å²) in [5.74, 6) is 0. The zero-order chi connectivity index (χ0) is 13.8. The number of aromatic nitrogens is 2. The third kappa shape index (κ3) is 2.82. The number of hydrogen-bond acceptors (Lipinski definition) is 2. The van der Waals surface area contributed by atoms with E-state index < -0.39 is 0 Å². The minimum absolute atomic E-state index is 0.0708. The van der Waals surface area contributed by atoms with Crippen LogP contribution in [0.3, 0.4) is 0 Å². The summed E-state index contributed by atoms with van der Waals surface area (Å²) in [6, 6.07) is 10.2. The zero-order valence-electron chi connectivity index (χ0n) is 11.7. The Balaban J connectivity index is 2.47. The monoisotopic (exact) mass is 277 g/mol. The number of benzene rings is 1. The molecule has 0 saturated heterocycles. The quantitative estimate of drug-likeness (QED) is 0.907. The molecule has 2 aromatic rings. The fourth-order valence-corrected chi connectivity index (χ4v) is 2.56. The van der Waals surface area contributed by atoms with Gasteiger partial charge in [0.1, 0.15) is 0 Å². The van der Waals surface area contributed by atoms with Crippen molar-refractivity contribution in [1.82, 2.24) is 15.1 Å². The van der Waals surface area contributed by atoms with Gasteiger partial charge in [-0.3, -0.25) is 4.68 Å². The number of hydrogen-bond donors (Lipinski definition) is 1. The molecule has 1 N–H and O–H groups in total. The van der Waals surface area contributed by atoms with Crippen LogP contribution in [0.15, 0.2) is 30.3 Å². The highest BCUT2D eigenvalue weighted by Gasteiger charge is 2.19. The summed E-state index contributed by atoms with van der Waals surface area (Å²) >= 11 is 6.31. The van der Waals surface area contributed by atoms with E-state index in [0.717, 1.165) is 34.9 Å². The largest absolute Gasteiger partial charge is 0.308 e. The number of rotatable bonds is 5. The van der Waals surface area contributed by atoms with E-state index in [4.69, 9.17) is 11.6 Å². The van der Waals surface area contributed by atoms with Gasteiger partial charge in [0.25, 0.3) is 0 Å². The Morgan fingerprint density at radius 1 is 1.32 bits per heavy atom. The summed E-state index contributed by atoms with van der Waals surface area (Å²) in [5, 5.41) is 8.73. The summed E-state index contributed by atoms with van der Waals surface area (Å²) in [6.07, 6.45) is 0.943. The van der Waals surface area contributed by atoms with Gasteiger partial charge in [-0.2, -0.15) is 5.10 Å². The molecule has 1 heterocycles. The second-order valence-electron chi connectivity index (χ2n) is 4.47. The summed E-state index contributed by atoms with van der Waals surface area (Å²) in [7, 11) is 1.95. The molecule has 1 aromatic heterocycles. The van der Waals surface area contributed by atoms with Crippen LogP contribution in [0.4, 0.5) is 0 Å². The molecule has 102 valence electrons. The third-order valence-electron chi connectivity index (χ3n) is 3.32. The average Bonchev–Trinajstić information content (AvgIpc) is 2.85. The third-order valence-corrected chi connectivity index (χ3v) is 3.67. The molecular weight excluding hydrogens is 258 g/mol. The maximum Gasteiger partial charge on any atom is 0.0760 e. The molecule has 0 aliphatic rings. The van der Waals surface area contributed by atoms with Gasteiger partial charge in [0.05, 0.1) is 17.4 Å². The molecule has 0 saturated carbocycles. The van der Waals surface area contributed by atoms with Crippen LogP contribution in [0.1, 0.15) is 36.8 Å². The maximum absolute atomic E-state index is 6.31. The highest BCUT2D eigenvalue weighted by molar-refractivity contribution is 6.31. The topological polar surface area (TPSA) is 29.9 Å². The number of halogens is 1. The van der Waals surface area contributed by atoms with Crippen molar-refractivity contribution in [2.24, 2.45) is 0 Å². The Bertz CT molecular complexity index is 548. The van der Waals surface area contributed by atoms with E-state index in [1.165, 1.54) is 0 Å². The van der Waals surface area contributed by atoms with Crippen molar-refractivity contribution in [1.29, 1.82) is 0 Å². The molecule has 4 heteroatoms. The van der Waals surface area contributed by atoms with Gasteiger partial charge >= 0.3 is 0 Å². The van der Waals surface area contributed by atoms with Gasteiger partial charge in [0.15, 0.2) is 0 Å². The average molecular weight is 278 g/mol. The van der Waals surface area contributed by atoms with E-state index in [2.05, 4.69) is 36.4 Å². The van der Waals surface area contributed by atoms with Gasteiger partial charge in [-0.05, 0) is 38.1 Å². The van der Waals surface area contributed by atoms with Crippen LogP contribution >= 0.6 is 11.6 Å². The summed E-state index contributed by atoms with van der Waals surface area (Å²) in [5.41, 5.74) is 3.36. The molecular formula is C15H20ClN3. The SMILES string of the molecule is CCc1cc(C(NC)c2ccccc2Cl)n(CC)n1. The van der Waals surface area contributed by atoms with Crippen molar-refractivity contribution in [3.8, 4) is 0 Å². The van der Waals surface area contributed by atoms with Crippen molar-refractivity contribution < 1.29 is 0 Å². The summed E-state index contributed by atoms with van der Waals surface area (Å²) < 4.78 is 2.04. The fourth-order valence-electron chi connectivity index (χ4n) is 2.32. The van der Waals surface area contributed by atoms with Crippen LogP contribution in [0.25, 0.3) is 0 Å². The predicted molar refractivity (Wildman–Crippen MR) is 79.6 cm³/mol. The van der Waals surface area contributed by atoms with Crippen LogP contribution in [0, 0.1) is 0 Å². The highest BCUT2D eigenvalue weighted by Crippen LogP contribution is 2.28. The lowest BCUT2D eigenvalue weighted by Crippen LogP contribution is -2.21. The Kier molecular flexibility index (Phi) is 4.61. The first-order valence-corrected chi connectivity index (χ1v) is 7.07. The second-order valence-corrected chi connectivity index (χ2v) is 4.88. The van der Waals surface area contributed by atoms with E-state index in [0.29, 0.717) is 0 Å².